The van der Waals surface area contributed by atoms with Crippen molar-refractivity contribution in [3.63, 3.8) is 0 Å². The van der Waals surface area contributed by atoms with Crippen molar-refractivity contribution >= 4 is 11.8 Å². The Balaban J connectivity index is 1.65. The number of aliphatic hydroxyl groups excluding tert-OH is 1. The zero-order valence-electron chi connectivity index (χ0n) is 10.4. The summed E-state index contributed by atoms with van der Waals surface area (Å²) >= 11 is 0. The molecule has 1 aromatic heterocycles. The summed E-state index contributed by atoms with van der Waals surface area (Å²) in [6.07, 6.45) is 3.42. The number of aromatic nitrogens is 1. The minimum Gasteiger partial charge on any atom is -0.478 e. The topological polar surface area (TPSA) is 73.7 Å². The number of pyridine rings is 1. The molecule has 4 rings (SSSR count). The van der Waals surface area contributed by atoms with Gasteiger partial charge in [0.2, 0.25) is 0 Å². The van der Waals surface area contributed by atoms with Gasteiger partial charge in [-0.05, 0) is 42.7 Å². The highest BCUT2D eigenvalue weighted by molar-refractivity contribution is 5.87. The number of carboxylic acids is 1. The average molecular weight is 260 g/mol. The van der Waals surface area contributed by atoms with Gasteiger partial charge in [0.05, 0.1) is 17.7 Å². The maximum Gasteiger partial charge on any atom is 0.337 e. The van der Waals surface area contributed by atoms with Crippen LogP contribution in [0.2, 0.25) is 0 Å². The van der Waals surface area contributed by atoms with E-state index in [1.165, 1.54) is 6.20 Å². The SMILES string of the molecule is O=C(O)c1ccc(N2CC3CC4CC3C2C4O)nc1. The second-order valence-corrected chi connectivity index (χ2v) is 6.00. The molecule has 0 amide bonds. The number of rotatable bonds is 2. The van der Waals surface area contributed by atoms with E-state index >= 15 is 0 Å². The molecule has 1 saturated heterocycles. The number of nitrogens with zero attached hydrogens (tertiary/aromatic N) is 2. The highest BCUT2D eigenvalue weighted by Crippen LogP contribution is 2.55. The number of carbonyl (C=O) groups is 1. The zero-order valence-corrected chi connectivity index (χ0v) is 10.4. The van der Waals surface area contributed by atoms with Crippen molar-refractivity contribution in [1.82, 2.24) is 4.98 Å². The second kappa shape index (κ2) is 3.70. The lowest BCUT2D eigenvalue weighted by molar-refractivity contribution is 0.0696. The Bertz CT molecular complexity index is 528. The Morgan fingerprint density at radius 2 is 2.16 bits per heavy atom. The summed E-state index contributed by atoms with van der Waals surface area (Å²) in [5.41, 5.74) is 0.204. The molecule has 1 aromatic rings. The molecule has 2 aliphatic carbocycles. The molecule has 2 heterocycles. The molecule has 2 bridgehead atoms. The van der Waals surface area contributed by atoms with Gasteiger partial charge in [0.15, 0.2) is 0 Å². The van der Waals surface area contributed by atoms with Crippen molar-refractivity contribution in [3.05, 3.63) is 23.9 Å². The van der Waals surface area contributed by atoms with Gasteiger partial charge >= 0.3 is 5.97 Å². The number of fused-ring (bicyclic) bond motifs is 1. The van der Waals surface area contributed by atoms with E-state index in [1.807, 2.05) is 0 Å². The zero-order chi connectivity index (χ0) is 13.1. The molecule has 3 aliphatic rings. The van der Waals surface area contributed by atoms with Gasteiger partial charge in [-0.1, -0.05) is 0 Å². The van der Waals surface area contributed by atoms with E-state index in [1.54, 1.807) is 12.1 Å². The summed E-state index contributed by atoms with van der Waals surface area (Å²) < 4.78 is 0. The summed E-state index contributed by atoms with van der Waals surface area (Å²) in [4.78, 5) is 17.3. The molecule has 3 fully saturated rings. The smallest absolute Gasteiger partial charge is 0.337 e. The van der Waals surface area contributed by atoms with Crippen LogP contribution < -0.4 is 4.90 Å². The van der Waals surface area contributed by atoms with Crippen molar-refractivity contribution in [1.29, 1.82) is 0 Å². The van der Waals surface area contributed by atoms with Gasteiger partial charge in [-0.2, -0.15) is 0 Å². The number of hydrogen-bond donors (Lipinski definition) is 2. The van der Waals surface area contributed by atoms with Gasteiger partial charge in [-0.3, -0.25) is 0 Å². The molecule has 2 saturated carbocycles. The third-order valence-electron chi connectivity index (χ3n) is 5.14. The highest BCUT2D eigenvalue weighted by atomic mass is 16.4. The molecule has 5 nitrogen and oxygen atoms in total. The van der Waals surface area contributed by atoms with E-state index in [0.717, 1.165) is 25.2 Å². The van der Waals surface area contributed by atoms with Crippen molar-refractivity contribution < 1.29 is 15.0 Å². The number of aliphatic hydroxyl groups is 1. The first-order chi connectivity index (χ1) is 9.15. The van der Waals surface area contributed by atoms with Gasteiger partial charge in [0.25, 0.3) is 0 Å². The molecule has 0 aromatic carbocycles. The molecule has 2 N–H and O–H groups in total. The Morgan fingerprint density at radius 1 is 1.32 bits per heavy atom. The molecule has 5 heteroatoms. The molecule has 0 spiro atoms. The second-order valence-electron chi connectivity index (χ2n) is 6.00. The monoisotopic (exact) mass is 260 g/mol. The van der Waals surface area contributed by atoms with Crippen molar-refractivity contribution in [2.24, 2.45) is 17.8 Å². The Kier molecular flexibility index (Phi) is 2.18. The molecule has 5 atom stereocenters. The maximum atomic E-state index is 10.8. The summed E-state index contributed by atoms with van der Waals surface area (Å²) in [6.45, 7) is 0.947. The van der Waals surface area contributed by atoms with Gasteiger partial charge in [0, 0.05) is 12.7 Å². The fourth-order valence-corrected chi connectivity index (χ4v) is 4.36. The number of aromatic carboxylic acids is 1. The van der Waals surface area contributed by atoms with Crippen molar-refractivity contribution in [2.45, 2.75) is 25.0 Å². The van der Waals surface area contributed by atoms with Crippen LogP contribution in [0.1, 0.15) is 23.2 Å². The van der Waals surface area contributed by atoms with Gasteiger partial charge in [0.1, 0.15) is 5.82 Å². The maximum absolute atomic E-state index is 10.8. The Hall–Kier alpha value is -1.62. The molecular weight excluding hydrogens is 244 g/mol. The quantitative estimate of drug-likeness (QED) is 0.829. The van der Waals surface area contributed by atoms with Crippen molar-refractivity contribution in [2.75, 3.05) is 11.4 Å². The van der Waals surface area contributed by atoms with Gasteiger partial charge < -0.3 is 15.1 Å². The molecule has 19 heavy (non-hydrogen) atoms. The number of carboxylic acid groups (broad SMARTS) is 1. The van der Waals surface area contributed by atoms with E-state index in [4.69, 9.17) is 5.11 Å². The van der Waals surface area contributed by atoms with E-state index in [-0.39, 0.29) is 17.7 Å². The van der Waals surface area contributed by atoms with Crippen LogP contribution in [0.15, 0.2) is 18.3 Å². The highest BCUT2D eigenvalue weighted by Gasteiger charge is 2.59. The summed E-state index contributed by atoms with van der Waals surface area (Å²) in [5.74, 6) is 1.58. The normalized spacial score (nSPS) is 39.0. The molecule has 5 unspecified atom stereocenters. The fraction of sp³-hybridized carbons (Fsp3) is 0.571. The minimum atomic E-state index is -0.957. The lowest BCUT2D eigenvalue weighted by Crippen LogP contribution is -2.41. The molecule has 1 aliphatic heterocycles. The van der Waals surface area contributed by atoms with E-state index in [9.17, 15) is 9.90 Å². The number of hydrogen-bond acceptors (Lipinski definition) is 4. The van der Waals surface area contributed by atoms with Crippen LogP contribution in [0, 0.1) is 17.8 Å². The van der Waals surface area contributed by atoms with E-state index in [2.05, 4.69) is 9.88 Å². The molecular formula is C14H16N2O3. The van der Waals surface area contributed by atoms with Gasteiger partial charge in [-0.25, -0.2) is 9.78 Å². The van der Waals surface area contributed by atoms with Crippen LogP contribution in [0.5, 0.6) is 0 Å². The van der Waals surface area contributed by atoms with Crippen LogP contribution in [-0.2, 0) is 0 Å². The summed E-state index contributed by atoms with van der Waals surface area (Å²) in [5, 5.41) is 19.2. The lowest BCUT2D eigenvalue weighted by atomic mass is 9.88. The standard InChI is InChI=1S/C14H16N2O3/c17-13-8-3-9-6-16(12(13)10(9)4-8)11-2-1-7(5-15-11)14(18)19/h1-2,5,8-10,12-13,17H,3-4,6H2,(H,18,19). The predicted octanol–water partition coefficient (Wildman–Crippen LogP) is 0.985. The first-order valence-corrected chi connectivity index (χ1v) is 6.79. The summed E-state index contributed by atoms with van der Waals surface area (Å²) in [7, 11) is 0. The first kappa shape index (κ1) is 11.2. The molecule has 100 valence electrons. The van der Waals surface area contributed by atoms with Crippen LogP contribution >= 0.6 is 0 Å². The van der Waals surface area contributed by atoms with Crippen LogP contribution in [-0.4, -0.2) is 39.9 Å². The van der Waals surface area contributed by atoms with Crippen LogP contribution in [0.25, 0.3) is 0 Å². The Morgan fingerprint density at radius 3 is 2.79 bits per heavy atom. The fourth-order valence-electron chi connectivity index (χ4n) is 4.36. The van der Waals surface area contributed by atoms with Gasteiger partial charge in [-0.15, -0.1) is 0 Å². The van der Waals surface area contributed by atoms with Crippen molar-refractivity contribution in [3.8, 4) is 0 Å². The van der Waals surface area contributed by atoms with Crippen LogP contribution in [0.3, 0.4) is 0 Å². The average Bonchev–Trinajstić information content (AvgIpc) is 3.00. The third kappa shape index (κ3) is 1.45. The first-order valence-electron chi connectivity index (χ1n) is 6.79. The van der Waals surface area contributed by atoms with Crippen LogP contribution in [0.4, 0.5) is 5.82 Å². The van der Waals surface area contributed by atoms with E-state index < -0.39 is 5.97 Å². The Labute approximate surface area is 110 Å². The number of anilines is 1. The third-order valence-corrected chi connectivity index (χ3v) is 5.14. The molecule has 0 radical (unpaired) electrons. The summed E-state index contributed by atoms with van der Waals surface area (Å²) in [6, 6.07) is 3.53. The predicted molar refractivity (Wildman–Crippen MR) is 68.0 cm³/mol. The van der Waals surface area contributed by atoms with E-state index in [0.29, 0.717) is 17.8 Å². The largest absolute Gasteiger partial charge is 0.478 e. The minimum absolute atomic E-state index is 0.187. The lowest BCUT2D eigenvalue weighted by Gasteiger charge is -2.29.